The van der Waals surface area contributed by atoms with Gasteiger partial charge in [-0.1, -0.05) is 22.8 Å². The zero-order chi connectivity index (χ0) is 20.6. The predicted molar refractivity (Wildman–Crippen MR) is 102 cm³/mol. The van der Waals surface area contributed by atoms with Crippen LogP contribution in [0.1, 0.15) is 17.2 Å². The van der Waals surface area contributed by atoms with E-state index in [-0.39, 0.29) is 11.6 Å². The van der Waals surface area contributed by atoms with Crippen LogP contribution < -0.4 is 4.72 Å². The molecule has 0 saturated heterocycles. The average Bonchev–Trinajstić information content (AvgIpc) is 3.28. The van der Waals surface area contributed by atoms with E-state index in [2.05, 4.69) is 25.1 Å². The maximum Gasteiger partial charge on any atom is 0.261 e. The molecule has 1 N–H and O–H groups in total. The van der Waals surface area contributed by atoms with Crippen molar-refractivity contribution >= 4 is 27.3 Å². The average molecular weight is 437 g/mol. The molecule has 0 saturated carbocycles. The maximum absolute atomic E-state index is 13.1. The number of nitrogens with one attached hydrogen (secondary N) is 1. The molecule has 4 rings (SSSR count). The number of hydrogen-bond acceptors (Lipinski definition) is 7. The molecular weight excluding hydrogens is 423 g/mol. The first-order valence-corrected chi connectivity index (χ1v) is 10.4. The van der Waals surface area contributed by atoms with Gasteiger partial charge in [0.2, 0.25) is 10.0 Å². The summed E-state index contributed by atoms with van der Waals surface area (Å²) in [5, 5.41) is 12.0. The van der Waals surface area contributed by atoms with E-state index in [4.69, 9.17) is 16.1 Å². The molecule has 3 aromatic heterocycles. The van der Waals surface area contributed by atoms with Gasteiger partial charge in [-0.05, 0) is 36.8 Å². The lowest BCUT2D eigenvalue weighted by Gasteiger charge is -2.08. The normalized spacial score (nSPS) is 12.0. The van der Waals surface area contributed by atoms with Crippen molar-refractivity contribution in [3.8, 4) is 11.5 Å². The summed E-state index contributed by atoms with van der Waals surface area (Å²) in [4.78, 5) is 4.18. The van der Waals surface area contributed by atoms with Crippen LogP contribution >= 0.6 is 11.6 Å². The second kappa shape index (κ2) is 7.50. The van der Waals surface area contributed by atoms with Crippen LogP contribution in [0.2, 0.25) is 5.02 Å². The van der Waals surface area contributed by atoms with Crippen molar-refractivity contribution in [1.29, 1.82) is 0 Å². The van der Waals surface area contributed by atoms with Gasteiger partial charge in [-0.15, -0.1) is 10.2 Å². The Morgan fingerprint density at radius 3 is 2.83 bits per heavy atom. The molecule has 0 bridgehead atoms. The van der Waals surface area contributed by atoms with Gasteiger partial charge in [0.25, 0.3) is 5.89 Å². The van der Waals surface area contributed by atoms with Gasteiger partial charge in [-0.25, -0.2) is 17.5 Å². The van der Waals surface area contributed by atoms with Crippen molar-refractivity contribution < 1.29 is 17.3 Å². The molecule has 150 valence electrons. The highest BCUT2D eigenvalue weighted by atomic mass is 35.5. The Morgan fingerprint density at radius 1 is 1.28 bits per heavy atom. The lowest BCUT2D eigenvalue weighted by Crippen LogP contribution is -2.25. The molecule has 4 aromatic rings. The fourth-order valence-corrected chi connectivity index (χ4v) is 4.15. The Labute approximate surface area is 169 Å². The third kappa shape index (κ3) is 4.11. The Bertz CT molecular complexity index is 1300. The minimum Gasteiger partial charge on any atom is -0.334 e. The highest BCUT2D eigenvalue weighted by molar-refractivity contribution is 7.88. The van der Waals surface area contributed by atoms with Crippen LogP contribution in [0.25, 0.3) is 17.1 Å². The summed E-state index contributed by atoms with van der Waals surface area (Å²) >= 11 is 5.91. The van der Waals surface area contributed by atoms with E-state index in [0.717, 1.165) is 12.1 Å². The topological polar surface area (TPSA) is 115 Å². The summed E-state index contributed by atoms with van der Waals surface area (Å²) in [6, 6.07) is 7.05. The Morgan fingerprint density at radius 2 is 2.10 bits per heavy atom. The fourth-order valence-electron chi connectivity index (χ4n) is 2.73. The van der Waals surface area contributed by atoms with Gasteiger partial charge in [0, 0.05) is 11.2 Å². The SMILES string of the molecule is Cc1noc(-c2cccn3c(CNS(=O)(=O)Cc4ccc(F)cc4Cl)nnc23)n1. The van der Waals surface area contributed by atoms with E-state index in [1.54, 1.807) is 29.7 Å². The number of nitrogens with zero attached hydrogens (tertiary/aromatic N) is 5. The second-order valence-electron chi connectivity index (χ2n) is 6.19. The number of aryl methyl sites for hydroxylation is 1. The van der Waals surface area contributed by atoms with Crippen molar-refractivity contribution in [1.82, 2.24) is 29.5 Å². The molecule has 0 aliphatic heterocycles. The zero-order valence-corrected chi connectivity index (χ0v) is 16.6. The minimum atomic E-state index is -3.75. The van der Waals surface area contributed by atoms with Gasteiger partial charge >= 0.3 is 0 Å². The van der Waals surface area contributed by atoms with E-state index < -0.39 is 21.6 Å². The molecule has 0 atom stereocenters. The van der Waals surface area contributed by atoms with Crippen LogP contribution in [0.5, 0.6) is 0 Å². The number of fused-ring (bicyclic) bond motifs is 1. The predicted octanol–water partition coefficient (Wildman–Crippen LogP) is 2.50. The van der Waals surface area contributed by atoms with Gasteiger partial charge in [-0.2, -0.15) is 4.98 Å². The molecule has 0 radical (unpaired) electrons. The lowest BCUT2D eigenvalue weighted by molar-refractivity contribution is 0.426. The highest BCUT2D eigenvalue weighted by Crippen LogP contribution is 2.22. The van der Waals surface area contributed by atoms with Crippen molar-refractivity contribution in [2.45, 2.75) is 19.2 Å². The van der Waals surface area contributed by atoms with Crippen LogP contribution in [0.4, 0.5) is 4.39 Å². The van der Waals surface area contributed by atoms with E-state index in [1.165, 1.54) is 6.07 Å². The van der Waals surface area contributed by atoms with Crippen LogP contribution in [-0.2, 0) is 22.3 Å². The van der Waals surface area contributed by atoms with Crippen LogP contribution in [-0.4, -0.2) is 33.2 Å². The first kappa shape index (κ1) is 19.4. The third-order valence-corrected chi connectivity index (χ3v) is 5.70. The number of aromatic nitrogens is 5. The first-order chi connectivity index (χ1) is 13.8. The van der Waals surface area contributed by atoms with E-state index in [1.807, 2.05) is 0 Å². The largest absolute Gasteiger partial charge is 0.334 e. The molecule has 0 unspecified atom stereocenters. The number of pyridine rings is 1. The fraction of sp³-hybridized carbons (Fsp3) is 0.176. The minimum absolute atomic E-state index is 0.0443. The summed E-state index contributed by atoms with van der Waals surface area (Å²) < 4.78 is 47.2. The Hall–Kier alpha value is -2.89. The molecular formula is C17H14ClFN6O3S. The lowest BCUT2D eigenvalue weighted by atomic mass is 10.2. The monoisotopic (exact) mass is 436 g/mol. The molecule has 1 aromatic carbocycles. The molecule has 0 amide bonds. The molecule has 29 heavy (non-hydrogen) atoms. The van der Waals surface area contributed by atoms with E-state index >= 15 is 0 Å². The second-order valence-corrected chi connectivity index (χ2v) is 8.41. The van der Waals surface area contributed by atoms with Crippen molar-refractivity contribution in [2.75, 3.05) is 0 Å². The zero-order valence-electron chi connectivity index (χ0n) is 15.0. The summed E-state index contributed by atoms with van der Waals surface area (Å²) in [5.74, 6) is 0.209. The van der Waals surface area contributed by atoms with Gasteiger partial charge in [0.05, 0.1) is 17.9 Å². The number of rotatable bonds is 6. The maximum atomic E-state index is 13.1. The Balaban J connectivity index is 1.55. The Kier molecular flexibility index (Phi) is 5.03. The summed E-state index contributed by atoms with van der Waals surface area (Å²) in [6.07, 6.45) is 1.70. The van der Waals surface area contributed by atoms with Gasteiger partial charge in [0.15, 0.2) is 17.3 Å². The number of benzene rings is 1. The molecule has 0 aliphatic rings. The molecule has 0 aliphatic carbocycles. The molecule has 0 fully saturated rings. The van der Waals surface area contributed by atoms with Crippen LogP contribution in [0.3, 0.4) is 0 Å². The van der Waals surface area contributed by atoms with E-state index in [0.29, 0.717) is 34.3 Å². The quantitative estimate of drug-likeness (QED) is 0.493. The van der Waals surface area contributed by atoms with Crippen molar-refractivity contribution in [2.24, 2.45) is 0 Å². The highest BCUT2D eigenvalue weighted by Gasteiger charge is 2.18. The van der Waals surface area contributed by atoms with Gasteiger partial charge in [0.1, 0.15) is 5.82 Å². The van der Waals surface area contributed by atoms with Gasteiger partial charge < -0.3 is 4.52 Å². The standard InChI is InChI=1S/C17H14ClFN6O3S/c1-10-21-17(28-24-10)13-3-2-6-25-15(22-23-16(13)25)8-20-29(26,27)9-11-4-5-12(19)7-14(11)18/h2-7,20H,8-9H2,1H3. The smallest absolute Gasteiger partial charge is 0.261 e. The number of halogens is 2. The third-order valence-electron chi connectivity index (χ3n) is 4.07. The molecule has 9 nitrogen and oxygen atoms in total. The number of hydrogen-bond donors (Lipinski definition) is 1. The molecule has 3 heterocycles. The summed E-state index contributed by atoms with van der Waals surface area (Å²) in [6.45, 7) is 1.60. The van der Waals surface area contributed by atoms with E-state index in [9.17, 15) is 12.8 Å². The summed E-state index contributed by atoms with van der Waals surface area (Å²) in [5.41, 5.74) is 1.32. The van der Waals surface area contributed by atoms with Gasteiger partial charge in [-0.3, -0.25) is 4.40 Å². The first-order valence-electron chi connectivity index (χ1n) is 8.37. The van der Waals surface area contributed by atoms with Crippen molar-refractivity contribution in [3.05, 3.63) is 64.6 Å². The number of sulfonamides is 1. The molecule has 12 heteroatoms. The molecule has 0 spiro atoms. The van der Waals surface area contributed by atoms with Crippen LogP contribution in [0, 0.1) is 12.7 Å². The van der Waals surface area contributed by atoms with Crippen molar-refractivity contribution in [3.63, 3.8) is 0 Å². The summed E-state index contributed by atoms with van der Waals surface area (Å²) in [7, 11) is -3.75. The van der Waals surface area contributed by atoms with Crippen LogP contribution in [0.15, 0.2) is 41.1 Å².